The first-order valence-corrected chi connectivity index (χ1v) is 6.85. The summed E-state index contributed by atoms with van der Waals surface area (Å²) < 4.78 is 12.5. The summed E-state index contributed by atoms with van der Waals surface area (Å²) in [4.78, 5) is 0. The molecule has 0 amide bonds. The van der Waals surface area contributed by atoms with Crippen molar-refractivity contribution in [1.29, 1.82) is 0 Å². The highest BCUT2D eigenvalue weighted by Crippen LogP contribution is 2.16. The smallest absolute Gasteiger partial charge is 0.0870 e. The summed E-state index contributed by atoms with van der Waals surface area (Å²) in [5.41, 5.74) is 14.3. The molecule has 0 saturated carbocycles. The van der Waals surface area contributed by atoms with E-state index >= 15 is 0 Å². The van der Waals surface area contributed by atoms with Gasteiger partial charge in [-0.3, -0.25) is 0 Å². The molecule has 0 bridgehead atoms. The van der Waals surface area contributed by atoms with Crippen LogP contribution in [0.3, 0.4) is 0 Å². The number of rotatable bonds is 8. The number of hydrogen-bond donors (Lipinski definition) is 4. The lowest BCUT2D eigenvalue weighted by molar-refractivity contribution is 0.709. The van der Waals surface area contributed by atoms with Gasteiger partial charge in [-0.05, 0) is 41.9 Å². The molecule has 0 radical (unpaired) electrons. The summed E-state index contributed by atoms with van der Waals surface area (Å²) in [6.45, 7) is 2.30. The summed E-state index contributed by atoms with van der Waals surface area (Å²) in [7, 11) is 1.81. The van der Waals surface area contributed by atoms with Gasteiger partial charge in [0.25, 0.3) is 0 Å². The van der Waals surface area contributed by atoms with Crippen molar-refractivity contribution in [2.75, 3.05) is 19.3 Å². The van der Waals surface area contributed by atoms with E-state index in [-0.39, 0.29) is 6.04 Å². The zero-order valence-corrected chi connectivity index (χ0v) is 12.5. The lowest BCUT2D eigenvalue weighted by Crippen LogP contribution is -2.22. The SMILES string of the molecule is C/C=C(\C=C(/C=C/F)C(N)CCS)C(=C/NC)/CN. The molecule has 5 N–H and O–H groups in total. The zero-order chi connectivity index (χ0) is 14.7. The first kappa shape index (κ1) is 18.0. The Bertz CT molecular complexity index is 373. The van der Waals surface area contributed by atoms with Gasteiger partial charge in [-0.15, -0.1) is 0 Å². The van der Waals surface area contributed by atoms with Crippen molar-refractivity contribution in [2.45, 2.75) is 19.4 Å². The van der Waals surface area contributed by atoms with Crippen molar-refractivity contribution in [3.05, 3.63) is 47.5 Å². The van der Waals surface area contributed by atoms with Crippen LogP contribution in [0, 0.1) is 0 Å². The van der Waals surface area contributed by atoms with Gasteiger partial charge in [0.1, 0.15) is 0 Å². The third kappa shape index (κ3) is 6.61. The first-order chi connectivity index (χ1) is 9.14. The van der Waals surface area contributed by atoms with Gasteiger partial charge in [0.05, 0.1) is 6.33 Å². The molecule has 3 nitrogen and oxygen atoms in total. The number of halogens is 1. The lowest BCUT2D eigenvalue weighted by atomic mass is 9.98. The van der Waals surface area contributed by atoms with Crippen LogP contribution in [0.5, 0.6) is 0 Å². The predicted octanol–water partition coefficient (Wildman–Crippen LogP) is 2.05. The molecule has 1 unspecified atom stereocenters. The second-order valence-corrected chi connectivity index (χ2v) is 4.41. The van der Waals surface area contributed by atoms with E-state index in [0.717, 1.165) is 16.7 Å². The fraction of sp³-hybridized carbons (Fsp3) is 0.429. The monoisotopic (exact) mass is 285 g/mol. The largest absolute Gasteiger partial charge is 0.394 e. The van der Waals surface area contributed by atoms with Crippen molar-refractivity contribution in [2.24, 2.45) is 11.5 Å². The van der Waals surface area contributed by atoms with Crippen molar-refractivity contribution < 1.29 is 4.39 Å². The van der Waals surface area contributed by atoms with Gasteiger partial charge < -0.3 is 16.8 Å². The van der Waals surface area contributed by atoms with E-state index < -0.39 is 0 Å². The molecule has 0 aliphatic rings. The van der Waals surface area contributed by atoms with Crippen LogP contribution < -0.4 is 16.8 Å². The fourth-order valence-electron chi connectivity index (χ4n) is 1.63. The van der Waals surface area contributed by atoms with Gasteiger partial charge in [-0.2, -0.15) is 12.6 Å². The van der Waals surface area contributed by atoms with Crippen molar-refractivity contribution in [3.63, 3.8) is 0 Å². The minimum atomic E-state index is -0.243. The van der Waals surface area contributed by atoms with Crippen LogP contribution in [0.25, 0.3) is 0 Å². The van der Waals surface area contributed by atoms with E-state index in [9.17, 15) is 4.39 Å². The Morgan fingerprint density at radius 3 is 2.58 bits per heavy atom. The molecule has 0 rings (SSSR count). The maximum absolute atomic E-state index is 12.5. The molecule has 0 spiro atoms. The van der Waals surface area contributed by atoms with Gasteiger partial charge in [-0.25, -0.2) is 4.39 Å². The van der Waals surface area contributed by atoms with E-state index in [1.165, 1.54) is 6.08 Å². The highest BCUT2D eigenvalue weighted by Gasteiger charge is 2.08. The lowest BCUT2D eigenvalue weighted by Gasteiger charge is -2.14. The summed E-state index contributed by atoms with van der Waals surface area (Å²) in [6, 6.07) is -0.243. The average molecular weight is 285 g/mol. The van der Waals surface area contributed by atoms with Crippen LogP contribution in [0.1, 0.15) is 13.3 Å². The number of allylic oxidation sites excluding steroid dienone is 2. The molecule has 19 heavy (non-hydrogen) atoms. The molecular weight excluding hydrogens is 261 g/mol. The van der Waals surface area contributed by atoms with Crippen molar-refractivity contribution in [1.82, 2.24) is 5.32 Å². The molecular formula is C14H24FN3S. The summed E-state index contributed by atoms with van der Waals surface area (Å²) in [5, 5.41) is 2.95. The van der Waals surface area contributed by atoms with Crippen LogP contribution in [0.15, 0.2) is 47.5 Å². The molecule has 0 aromatic carbocycles. The van der Waals surface area contributed by atoms with Crippen molar-refractivity contribution >= 4 is 12.6 Å². The van der Waals surface area contributed by atoms with Gasteiger partial charge in [0, 0.05) is 25.8 Å². The Morgan fingerprint density at radius 2 is 2.16 bits per heavy atom. The summed E-state index contributed by atoms with van der Waals surface area (Å²) in [5.74, 6) is 0.653. The van der Waals surface area contributed by atoms with Gasteiger partial charge in [0.15, 0.2) is 0 Å². The average Bonchev–Trinajstić information content (AvgIpc) is 2.41. The second kappa shape index (κ2) is 10.8. The van der Waals surface area contributed by atoms with E-state index in [1.54, 1.807) is 0 Å². The molecule has 5 heteroatoms. The Morgan fingerprint density at radius 1 is 1.47 bits per heavy atom. The van der Waals surface area contributed by atoms with E-state index in [2.05, 4.69) is 17.9 Å². The van der Waals surface area contributed by atoms with Gasteiger partial charge >= 0.3 is 0 Å². The highest BCUT2D eigenvalue weighted by atomic mass is 32.1. The zero-order valence-electron chi connectivity index (χ0n) is 11.6. The first-order valence-electron chi connectivity index (χ1n) is 6.22. The molecule has 0 aromatic rings. The number of hydrogen-bond acceptors (Lipinski definition) is 4. The fourth-order valence-corrected chi connectivity index (χ4v) is 1.91. The maximum atomic E-state index is 12.5. The molecule has 0 aliphatic heterocycles. The molecule has 0 fully saturated rings. The van der Waals surface area contributed by atoms with Crippen LogP contribution >= 0.6 is 12.6 Å². The third-order valence-corrected chi connectivity index (χ3v) is 2.92. The van der Waals surface area contributed by atoms with Crippen LogP contribution in [0.2, 0.25) is 0 Å². The standard InChI is InChI=1S/C14H24FN3S/c1-3-11(13(9-16)10-18-2)8-12(4-6-15)14(17)5-7-19/h3-4,6,8,10,14,18-19H,5,7,9,16-17H2,1-2H3/b6-4+,11-3+,12-8+,13-10+. The van der Waals surface area contributed by atoms with Gasteiger partial charge in [0.2, 0.25) is 0 Å². The third-order valence-electron chi connectivity index (χ3n) is 2.67. The van der Waals surface area contributed by atoms with E-state index in [1.807, 2.05) is 32.3 Å². The Balaban J connectivity index is 5.33. The normalized spacial score (nSPS) is 16.0. The quantitative estimate of drug-likeness (QED) is 0.408. The van der Waals surface area contributed by atoms with Crippen LogP contribution in [-0.4, -0.2) is 25.4 Å². The molecule has 108 valence electrons. The Kier molecular flexibility index (Phi) is 10.2. The Labute approximate surface area is 120 Å². The van der Waals surface area contributed by atoms with Crippen molar-refractivity contribution in [3.8, 4) is 0 Å². The molecule has 0 aliphatic carbocycles. The summed E-state index contributed by atoms with van der Waals surface area (Å²) in [6.07, 6.45) is 8.18. The van der Waals surface area contributed by atoms with E-state index in [0.29, 0.717) is 25.0 Å². The minimum Gasteiger partial charge on any atom is -0.394 e. The van der Waals surface area contributed by atoms with Crippen LogP contribution in [-0.2, 0) is 0 Å². The second-order valence-electron chi connectivity index (χ2n) is 3.96. The maximum Gasteiger partial charge on any atom is 0.0870 e. The number of nitrogens with one attached hydrogen (secondary N) is 1. The van der Waals surface area contributed by atoms with Crippen LogP contribution in [0.4, 0.5) is 4.39 Å². The van der Waals surface area contributed by atoms with E-state index in [4.69, 9.17) is 11.5 Å². The highest BCUT2D eigenvalue weighted by molar-refractivity contribution is 7.80. The molecule has 0 saturated heterocycles. The molecule has 0 aromatic heterocycles. The number of nitrogens with two attached hydrogens (primary N) is 2. The topological polar surface area (TPSA) is 64.1 Å². The molecule has 0 heterocycles. The predicted molar refractivity (Wildman–Crippen MR) is 84.7 cm³/mol. The number of thiol groups is 1. The summed E-state index contributed by atoms with van der Waals surface area (Å²) >= 11 is 4.15. The minimum absolute atomic E-state index is 0.243. The Hall–Kier alpha value is -1.04. The van der Waals surface area contributed by atoms with Gasteiger partial charge in [-0.1, -0.05) is 12.2 Å². The molecule has 1 atom stereocenters.